The summed E-state index contributed by atoms with van der Waals surface area (Å²) in [5, 5.41) is 7.18. The number of rotatable bonds is 6. The molecule has 3 aliphatic rings. The van der Waals surface area contributed by atoms with Crippen LogP contribution in [0.3, 0.4) is 0 Å². The Morgan fingerprint density at radius 2 is 2.00 bits per heavy atom. The van der Waals surface area contributed by atoms with Crippen LogP contribution in [0.2, 0.25) is 0 Å². The lowest BCUT2D eigenvalue weighted by molar-refractivity contribution is -0.121. The summed E-state index contributed by atoms with van der Waals surface area (Å²) in [5.74, 6) is 2.99. The number of methoxy groups -OCH3 is 1. The second kappa shape index (κ2) is 8.90. The molecule has 160 valence electrons. The van der Waals surface area contributed by atoms with Crippen LogP contribution >= 0.6 is 0 Å². The molecule has 2 saturated carbocycles. The molecule has 1 aliphatic heterocycles. The third-order valence-corrected chi connectivity index (χ3v) is 7.17. The number of carbonyl (C=O) groups excluding carboxylic acids is 1. The average molecular weight is 403 g/mol. The van der Waals surface area contributed by atoms with Crippen molar-refractivity contribution in [1.29, 1.82) is 0 Å². The summed E-state index contributed by atoms with van der Waals surface area (Å²) in [6.07, 6.45) is 11.2. The van der Waals surface area contributed by atoms with E-state index in [-0.39, 0.29) is 12.0 Å². The molecule has 2 fully saturated rings. The van der Waals surface area contributed by atoms with Crippen LogP contribution in [0, 0.1) is 25.7 Å². The molecule has 1 aromatic heterocycles. The van der Waals surface area contributed by atoms with Gasteiger partial charge in [-0.05, 0) is 83.1 Å². The largest absolute Gasteiger partial charge is 0.484 e. The van der Waals surface area contributed by atoms with Crippen LogP contribution in [-0.4, -0.2) is 36.9 Å². The topological polar surface area (TPSA) is 73.6 Å². The van der Waals surface area contributed by atoms with Crippen molar-refractivity contribution in [2.45, 2.75) is 83.3 Å². The predicted octanol–water partition coefficient (Wildman–Crippen LogP) is 4.17. The summed E-state index contributed by atoms with van der Waals surface area (Å²) in [6, 6.07) is 0. The molecule has 3 atom stereocenters. The quantitative estimate of drug-likeness (QED) is 0.773. The Morgan fingerprint density at radius 3 is 2.69 bits per heavy atom. The van der Waals surface area contributed by atoms with Gasteiger partial charge in [0.25, 0.3) is 5.91 Å². The molecule has 0 aromatic carbocycles. The number of aryl methyl sites for hydroxylation is 2. The van der Waals surface area contributed by atoms with E-state index in [1.807, 2.05) is 19.9 Å². The van der Waals surface area contributed by atoms with E-state index in [0.29, 0.717) is 29.6 Å². The first kappa shape index (κ1) is 20.5. The Morgan fingerprint density at radius 1 is 1.21 bits per heavy atom. The van der Waals surface area contributed by atoms with E-state index in [0.717, 1.165) is 43.7 Å². The minimum absolute atomic E-state index is 0.0576. The van der Waals surface area contributed by atoms with E-state index in [4.69, 9.17) is 14.0 Å². The van der Waals surface area contributed by atoms with Gasteiger partial charge in [-0.2, -0.15) is 0 Å². The second-order valence-electron chi connectivity index (χ2n) is 9.02. The maximum Gasteiger partial charge on any atom is 0.286 e. The summed E-state index contributed by atoms with van der Waals surface area (Å²) >= 11 is 0. The summed E-state index contributed by atoms with van der Waals surface area (Å²) in [5.41, 5.74) is 2.36. The zero-order valence-corrected chi connectivity index (χ0v) is 17.9. The van der Waals surface area contributed by atoms with Gasteiger partial charge in [0.15, 0.2) is 5.76 Å². The molecule has 1 N–H and O–H groups in total. The number of hydrogen-bond donors (Lipinski definition) is 1. The van der Waals surface area contributed by atoms with Crippen LogP contribution < -0.4 is 5.32 Å². The first-order chi connectivity index (χ1) is 14.0. The Hall–Kier alpha value is -1.82. The lowest BCUT2D eigenvalue weighted by Crippen LogP contribution is -2.31. The van der Waals surface area contributed by atoms with Gasteiger partial charge in [-0.15, -0.1) is 0 Å². The third-order valence-electron chi connectivity index (χ3n) is 7.17. The standard InChI is InChI=1S/C23H34N2O4/c1-14-22(15(2)29-25-14)17-6-4-16(5-7-17)10-11-24-23(26)21-13-18-12-19(27-3)8-9-20(18)28-21/h13,16-20H,4-12H2,1-3H3,(H,24,26). The van der Waals surface area contributed by atoms with Crippen molar-refractivity contribution in [3.63, 3.8) is 0 Å². The van der Waals surface area contributed by atoms with Crippen molar-refractivity contribution in [3.05, 3.63) is 28.9 Å². The smallest absolute Gasteiger partial charge is 0.286 e. The molecule has 2 aliphatic carbocycles. The van der Waals surface area contributed by atoms with Crippen molar-refractivity contribution in [2.24, 2.45) is 11.8 Å². The Balaban J connectivity index is 1.19. The van der Waals surface area contributed by atoms with Crippen LogP contribution in [0.25, 0.3) is 0 Å². The maximum absolute atomic E-state index is 12.5. The maximum atomic E-state index is 12.5. The number of fused-ring (bicyclic) bond motifs is 1. The number of carbonyl (C=O) groups is 1. The van der Waals surface area contributed by atoms with Crippen LogP contribution in [-0.2, 0) is 14.3 Å². The van der Waals surface area contributed by atoms with Gasteiger partial charge in [0.2, 0.25) is 0 Å². The van der Waals surface area contributed by atoms with Gasteiger partial charge in [-0.25, -0.2) is 0 Å². The predicted molar refractivity (Wildman–Crippen MR) is 109 cm³/mol. The molecule has 0 saturated heterocycles. The third kappa shape index (κ3) is 4.52. The molecular formula is C23H34N2O4. The molecule has 0 radical (unpaired) electrons. The van der Waals surface area contributed by atoms with Gasteiger partial charge < -0.3 is 19.3 Å². The van der Waals surface area contributed by atoms with Crippen molar-refractivity contribution in [2.75, 3.05) is 13.7 Å². The number of hydrogen-bond acceptors (Lipinski definition) is 5. The molecule has 0 spiro atoms. The van der Waals surface area contributed by atoms with Gasteiger partial charge >= 0.3 is 0 Å². The fourth-order valence-electron chi connectivity index (χ4n) is 5.49. The van der Waals surface area contributed by atoms with Crippen molar-refractivity contribution >= 4 is 5.91 Å². The van der Waals surface area contributed by atoms with Crippen LogP contribution in [0.5, 0.6) is 0 Å². The van der Waals surface area contributed by atoms with Gasteiger partial charge in [0.05, 0.1) is 11.8 Å². The van der Waals surface area contributed by atoms with Gasteiger partial charge in [-0.3, -0.25) is 4.79 Å². The summed E-state index contributed by atoms with van der Waals surface area (Å²) < 4.78 is 16.7. The number of ether oxygens (including phenoxy) is 2. The van der Waals surface area contributed by atoms with E-state index < -0.39 is 0 Å². The van der Waals surface area contributed by atoms with Crippen molar-refractivity contribution < 1.29 is 18.8 Å². The van der Waals surface area contributed by atoms with Gasteiger partial charge in [0, 0.05) is 25.1 Å². The zero-order valence-electron chi connectivity index (χ0n) is 17.9. The molecular weight excluding hydrogens is 368 g/mol. The Bertz CT molecular complexity index is 729. The highest BCUT2D eigenvalue weighted by Gasteiger charge is 2.37. The van der Waals surface area contributed by atoms with E-state index in [2.05, 4.69) is 10.5 Å². The second-order valence-corrected chi connectivity index (χ2v) is 9.02. The molecule has 4 rings (SSSR count). The molecule has 6 heteroatoms. The molecule has 1 aromatic rings. The van der Waals surface area contributed by atoms with Crippen LogP contribution in [0.4, 0.5) is 0 Å². The Labute approximate surface area is 173 Å². The molecule has 29 heavy (non-hydrogen) atoms. The highest BCUT2D eigenvalue weighted by molar-refractivity contribution is 5.91. The summed E-state index contributed by atoms with van der Waals surface area (Å²) in [7, 11) is 1.76. The van der Waals surface area contributed by atoms with Crippen molar-refractivity contribution in [1.82, 2.24) is 10.5 Å². The number of nitrogens with one attached hydrogen (secondary N) is 1. The van der Waals surface area contributed by atoms with Gasteiger partial charge in [0.1, 0.15) is 11.9 Å². The molecule has 6 nitrogen and oxygen atoms in total. The summed E-state index contributed by atoms with van der Waals surface area (Å²) in [4.78, 5) is 12.5. The lowest BCUT2D eigenvalue weighted by atomic mass is 9.77. The minimum atomic E-state index is -0.0576. The fraction of sp³-hybridized carbons (Fsp3) is 0.739. The summed E-state index contributed by atoms with van der Waals surface area (Å²) in [6.45, 7) is 4.78. The first-order valence-electron chi connectivity index (χ1n) is 11.2. The minimum Gasteiger partial charge on any atom is -0.484 e. The van der Waals surface area contributed by atoms with E-state index in [1.165, 1.54) is 31.2 Å². The SMILES string of the molecule is COC1CCC2OC(C(=O)NCCC3CCC(c4c(C)noc4C)CC3)=CC2C1. The van der Waals surface area contributed by atoms with E-state index in [1.54, 1.807) is 7.11 Å². The average Bonchev–Trinajstić information content (AvgIpc) is 3.31. The van der Waals surface area contributed by atoms with Gasteiger partial charge in [-0.1, -0.05) is 5.16 Å². The normalized spacial score (nSPS) is 31.7. The van der Waals surface area contributed by atoms with E-state index >= 15 is 0 Å². The van der Waals surface area contributed by atoms with Crippen molar-refractivity contribution in [3.8, 4) is 0 Å². The molecule has 3 unspecified atom stereocenters. The molecule has 2 heterocycles. The molecule has 1 amide bonds. The van der Waals surface area contributed by atoms with E-state index in [9.17, 15) is 4.79 Å². The Kier molecular flexibility index (Phi) is 6.28. The van der Waals surface area contributed by atoms with Crippen LogP contribution in [0.15, 0.2) is 16.4 Å². The fourth-order valence-corrected chi connectivity index (χ4v) is 5.49. The number of aromatic nitrogens is 1. The highest BCUT2D eigenvalue weighted by atomic mass is 16.5. The highest BCUT2D eigenvalue weighted by Crippen LogP contribution is 2.39. The molecule has 0 bridgehead atoms. The number of amides is 1. The monoisotopic (exact) mass is 402 g/mol. The lowest BCUT2D eigenvalue weighted by Gasteiger charge is -2.29. The number of nitrogens with zero attached hydrogens (tertiary/aromatic N) is 1. The zero-order chi connectivity index (χ0) is 20.4. The van der Waals surface area contributed by atoms with Crippen LogP contribution in [0.1, 0.15) is 74.3 Å². The first-order valence-corrected chi connectivity index (χ1v) is 11.2.